The van der Waals surface area contributed by atoms with Gasteiger partial charge in [-0.2, -0.15) is 9.61 Å². The molecule has 0 aliphatic rings. The van der Waals surface area contributed by atoms with Crippen LogP contribution in [0.5, 0.6) is 0 Å². The Kier molecular flexibility index (Phi) is 3.35. The number of anilines is 1. The number of nitrogens with two attached hydrogens (primary N) is 2. The first kappa shape index (κ1) is 11.6. The molecule has 0 bridgehead atoms. The van der Waals surface area contributed by atoms with Gasteiger partial charge >= 0.3 is 5.69 Å². The van der Waals surface area contributed by atoms with Crippen LogP contribution in [0.2, 0.25) is 0 Å². The Morgan fingerprint density at radius 3 is 2.65 bits per heavy atom. The van der Waals surface area contributed by atoms with Crippen molar-refractivity contribution in [3.63, 3.8) is 0 Å². The highest BCUT2D eigenvalue weighted by Gasteiger charge is 2.09. The molecule has 0 spiro atoms. The third-order valence-electron chi connectivity index (χ3n) is 2.38. The summed E-state index contributed by atoms with van der Waals surface area (Å²) in [5, 5.41) is 10.3. The predicted octanol–water partition coefficient (Wildman–Crippen LogP) is -1.86. The Hall–Kier alpha value is -1.93. The van der Waals surface area contributed by atoms with Gasteiger partial charge < -0.3 is 16.4 Å². The Morgan fingerprint density at radius 2 is 2.00 bits per heavy atom. The van der Waals surface area contributed by atoms with Crippen LogP contribution in [0.15, 0.2) is 16.9 Å². The first-order chi connectivity index (χ1) is 8.26. The summed E-state index contributed by atoms with van der Waals surface area (Å²) in [6.45, 7) is 2.28. The van der Waals surface area contributed by atoms with Crippen molar-refractivity contribution in [1.82, 2.24) is 19.8 Å². The van der Waals surface area contributed by atoms with Crippen LogP contribution in [0.25, 0.3) is 5.65 Å². The lowest BCUT2D eigenvalue weighted by atomic mass is 10.4. The Balaban J connectivity index is 2.38. The lowest BCUT2D eigenvalue weighted by Crippen LogP contribution is -2.35. The monoisotopic (exact) mass is 237 g/mol. The zero-order valence-electron chi connectivity index (χ0n) is 9.33. The summed E-state index contributed by atoms with van der Waals surface area (Å²) in [4.78, 5) is 13.3. The van der Waals surface area contributed by atoms with Gasteiger partial charge in [-0.25, -0.2) is 9.89 Å². The van der Waals surface area contributed by atoms with Crippen molar-refractivity contribution >= 4 is 11.5 Å². The number of aromatic nitrogens is 4. The van der Waals surface area contributed by atoms with E-state index in [-0.39, 0.29) is 5.69 Å². The van der Waals surface area contributed by atoms with Gasteiger partial charge in [-0.05, 0) is 12.1 Å². The zero-order chi connectivity index (χ0) is 12.3. The number of nitrogens with one attached hydrogen (secondary N) is 1. The van der Waals surface area contributed by atoms with Gasteiger partial charge in [-0.15, -0.1) is 5.10 Å². The number of nitrogens with zero attached hydrogens (tertiary/aromatic N) is 4. The molecule has 0 atom stereocenters. The molecule has 8 heteroatoms. The Labute approximate surface area is 97.2 Å². The maximum Gasteiger partial charge on any atom is 0.364 e. The molecule has 0 radical (unpaired) electrons. The molecule has 0 aliphatic heterocycles. The summed E-state index contributed by atoms with van der Waals surface area (Å²) in [6.07, 6.45) is 0. The number of fused-ring (bicyclic) bond motifs is 1. The van der Waals surface area contributed by atoms with Gasteiger partial charge in [-0.3, -0.25) is 0 Å². The second-order valence-electron chi connectivity index (χ2n) is 3.55. The van der Waals surface area contributed by atoms with Crippen LogP contribution in [0, 0.1) is 0 Å². The van der Waals surface area contributed by atoms with E-state index < -0.39 is 0 Å². The highest BCUT2D eigenvalue weighted by atomic mass is 16.2. The van der Waals surface area contributed by atoms with E-state index in [4.69, 9.17) is 11.5 Å². The van der Waals surface area contributed by atoms with Gasteiger partial charge in [0.05, 0.1) is 0 Å². The molecule has 0 aliphatic carbocycles. The summed E-state index contributed by atoms with van der Waals surface area (Å²) >= 11 is 0. The highest BCUT2D eigenvalue weighted by Crippen LogP contribution is 2.08. The van der Waals surface area contributed by atoms with E-state index in [1.54, 1.807) is 12.1 Å². The molecule has 8 nitrogen and oxygen atoms in total. The molecule has 5 N–H and O–H groups in total. The van der Waals surface area contributed by atoms with Crippen molar-refractivity contribution in [2.75, 3.05) is 31.1 Å². The lowest BCUT2D eigenvalue weighted by molar-refractivity contribution is 0.746. The van der Waals surface area contributed by atoms with E-state index in [0.717, 1.165) is 0 Å². The molecular formula is C9H15N7O. The molecule has 0 fully saturated rings. The van der Waals surface area contributed by atoms with Crippen molar-refractivity contribution in [3.8, 4) is 0 Å². The van der Waals surface area contributed by atoms with Gasteiger partial charge in [0.2, 0.25) is 0 Å². The molecule has 17 heavy (non-hydrogen) atoms. The van der Waals surface area contributed by atoms with Crippen LogP contribution in [0.1, 0.15) is 0 Å². The maximum atomic E-state index is 11.4. The highest BCUT2D eigenvalue weighted by molar-refractivity contribution is 5.45. The zero-order valence-corrected chi connectivity index (χ0v) is 9.33. The summed E-state index contributed by atoms with van der Waals surface area (Å²) in [5.74, 6) is 0.664. The third-order valence-corrected chi connectivity index (χ3v) is 2.38. The largest absolute Gasteiger partial charge is 0.364 e. The van der Waals surface area contributed by atoms with E-state index in [9.17, 15) is 4.79 Å². The van der Waals surface area contributed by atoms with Gasteiger partial charge in [0.25, 0.3) is 0 Å². The summed E-state index contributed by atoms with van der Waals surface area (Å²) in [5.41, 5.74) is 11.2. The van der Waals surface area contributed by atoms with Crippen LogP contribution < -0.4 is 22.1 Å². The molecular weight excluding hydrogens is 222 g/mol. The predicted molar refractivity (Wildman–Crippen MR) is 63.9 cm³/mol. The Morgan fingerprint density at radius 1 is 1.29 bits per heavy atom. The second-order valence-corrected chi connectivity index (χ2v) is 3.55. The molecule has 2 heterocycles. The lowest BCUT2D eigenvalue weighted by Gasteiger charge is -2.21. The number of H-pyrrole nitrogens is 1. The molecule has 0 unspecified atom stereocenters. The Bertz CT molecular complexity index is 540. The average molecular weight is 237 g/mol. The fourth-order valence-corrected chi connectivity index (χ4v) is 1.61. The minimum absolute atomic E-state index is 0.359. The van der Waals surface area contributed by atoms with E-state index >= 15 is 0 Å². The third kappa shape index (κ3) is 2.27. The quantitative estimate of drug-likeness (QED) is 0.561. The number of hydrogen-bond donors (Lipinski definition) is 3. The van der Waals surface area contributed by atoms with E-state index in [1.165, 1.54) is 4.52 Å². The van der Waals surface area contributed by atoms with Gasteiger partial charge in [0.1, 0.15) is 5.82 Å². The smallest absolute Gasteiger partial charge is 0.353 e. The molecule has 0 saturated heterocycles. The van der Waals surface area contributed by atoms with Gasteiger partial charge in [-0.1, -0.05) is 0 Å². The van der Waals surface area contributed by atoms with Crippen LogP contribution in [0.4, 0.5) is 5.82 Å². The van der Waals surface area contributed by atoms with Crippen molar-refractivity contribution in [2.24, 2.45) is 11.5 Å². The minimum atomic E-state index is -0.359. The number of hydrogen-bond acceptors (Lipinski definition) is 6. The number of rotatable bonds is 5. The molecule has 2 aromatic rings. The van der Waals surface area contributed by atoms with Crippen molar-refractivity contribution in [1.29, 1.82) is 0 Å². The minimum Gasteiger partial charge on any atom is -0.353 e. The number of aromatic amines is 1. The van der Waals surface area contributed by atoms with Crippen molar-refractivity contribution < 1.29 is 0 Å². The molecule has 0 saturated carbocycles. The van der Waals surface area contributed by atoms with Crippen LogP contribution >= 0.6 is 0 Å². The van der Waals surface area contributed by atoms with Crippen LogP contribution in [-0.4, -0.2) is 46.0 Å². The van der Waals surface area contributed by atoms with Crippen LogP contribution in [0.3, 0.4) is 0 Å². The van der Waals surface area contributed by atoms with Gasteiger partial charge in [0.15, 0.2) is 5.65 Å². The average Bonchev–Trinajstić information content (AvgIpc) is 2.71. The van der Waals surface area contributed by atoms with Crippen molar-refractivity contribution in [3.05, 3.63) is 22.6 Å². The SMILES string of the molecule is NCCN(CCN)c1ccc2n[nH]c(=O)n2n1. The fraction of sp³-hybridized carbons (Fsp3) is 0.444. The van der Waals surface area contributed by atoms with E-state index in [0.29, 0.717) is 37.6 Å². The normalized spacial score (nSPS) is 10.9. The molecule has 2 aromatic heterocycles. The second kappa shape index (κ2) is 4.93. The summed E-state index contributed by atoms with van der Waals surface area (Å²) < 4.78 is 1.22. The van der Waals surface area contributed by atoms with E-state index in [1.807, 2.05) is 4.90 Å². The molecule has 92 valence electrons. The first-order valence-electron chi connectivity index (χ1n) is 5.36. The topological polar surface area (TPSA) is 118 Å². The van der Waals surface area contributed by atoms with E-state index in [2.05, 4.69) is 15.3 Å². The van der Waals surface area contributed by atoms with Crippen LogP contribution in [-0.2, 0) is 0 Å². The molecule has 0 amide bonds. The standard InChI is InChI=1S/C9H15N7O/c10-3-5-15(6-4-11)8-2-1-7-12-13-9(17)16(7)14-8/h1-2H,3-6,10-11H2,(H,13,17). The fourth-order valence-electron chi connectivity index (χ4n) is 1.61. The molecule has 2 rings (SSSR count). The first-order valence-corrected chi connectivity index (χ1v) is 5.36. The molecule has 0 aromatic carbocycles. The van der Waals surface area contributed by atoms with Crippen molar-refractivity contribution in [2.45, 2.75) is 0 Å². The summed E-state index contributed by atoms with van der Waals surface area (Å²) in [7, 11) is 0. The summed E-state index contributed by atoms with van der Waals surface area (Å²) in [6, 6.07) is 3.52. The van der Waals surface area contributed by atoms with Gasteiger partial charge in [0, 0.05) is 26.2 Å². The maximum absolute atomic E-state index is 11.4.